The third-order valence-electron chi connectivity index (χ3n) is 5.01. The Balaban J connectivity index is 0.00000324. The van der Waals surface area contributed by atoms with E-state index in [0.717, 1.165) is 11.3 Å². The molecule has 0 radical (unpaired) electrons. The molecule has 0 saturated carbocycles. The summed E-state index contributed by atoms with van der Waals surface area (Å²) in [4.78, 5) is 27.5. The van der Waals surface area contributed by atoms with Gasteiger partial charge in [-0.3, -0.25) is 4.79 Å². The van der Waals surface area contributed by atoms with Gasteiger partial charge in [0, 0.05) is 35.5 Å². The van der Waals surface area contributed by atoms with Gasteiger partial charge >= 0.3 is 6.18 Å². The minimum Gasteiger partial charge on any atom is -0.352 e. The zero-order chi connectivity index (χ0) is 23.6. The maximum Gasteiger partial charge on any atom is 0.431 e. The average Bonchev–Trinajstić information content (AvgIpc) is 3.13. The minimum absolute atomic E-state index is 0. The lowest BCUT2D eigenvalue weighted by Crippen LogP contribution is -2.26. The first kappa shape index (κ1) is 25.0. The van der Waals surface area contributed by atoms with Gasteiger partial charge in [0.2, 0.25) is 5.95 Å². The number of alkyl halides is 3. The van der Waals surface area contributed by atoms with Crippen molar-refractivity contribution >= 4 is 41.0 Å². The van der Waals surface area contributed by atoms with Gasteiger partial charge < -0.3 is 15.6 Å². The zero-order valence-electron chi connectivity index (χ0n) is 18.3. The van der Waals surface area contributed by atoms with Crippen molar-refractivity contribution in [1.82, 2.24) is 25.3 Å². The summed E-state index contributed by atoms with van der Waals surface area (Å²) in [5.74, 6) is 0.390. The molecule has 1 amide bonds. The number of fused-ring (bicyclic) bond motifs is 1. The van der Waals surface area contributed by atoms with Crippen LogP contribution in [0.25, 0.3) is 10.9 Å². The number of aromatic nitrogens is 4. The van der Waals surface area contributed by atoms with Crippen LogP contribution in [0, 0.1) is 13.8 Å². The van der Waals surface area contributed by atoms with Crippen LogP contribution in [0.2, 0.25) is 0 Å². The Hall–Kier alpha value is -3.66. The monoisotopic (exact) mass is 490 g/mol. The van der Waals surface area contributed by atoms with E-state index >= 15 is 0 Å². The van der Waals surface area contributed by atoms with E-state index in [4.69, 9.17) is 0 Å². The molecule has 3 N–H and O–H groups in total. The standard InChI is InChI=1S/C23H21F3N6O.ClH/c1-13-9-14(2)30-19(10-13)32-22-28-11-15(12-29-22)21(33)27-8-7-17-16-5-3-4-6-18(16)31-20(17)23(24,25)26;/h3-6,9-12,31H,7-8H2,1-2H3,(H,27,33)(H,28,29,30,32);1H. The number of benzene rings is 1. The predicted molar refractivity (Wildman–Crippen MR) is 126 cm³/mol. The van der Waals surface area contributed by atoms with Crippen LogP contribution >= 0.6 is 12.4 Å². The third-order valence-corrected chi connectivity index (χ3v) is 5.01. The van der Waals surface area contributed by atoms with Crippen molar-refractivity contribution in [3.05, 3.63) is 76.9 Å². The van der Waals surface area contributed by atoms with Crippen molar-refractivity contribution in [2.24, 2.45) is 0 Å². The van der Waals surface area contributed by atoms with Crippen LogP contribution in [-0.2, 0) is 12.6 Å². The number of carbonyl (C=O) groups is 1. The molecular weight excluding hydrogens is 469 g/mol. The van der Waals surface area contributed by atoms with Crippen LogP contribution in [0.4, 0.5) is 24.9 Å². The summed E-state index contributed by atoms with van der Waals surface area (Å²) in [5, 5.41) is 6.09. The van der Waals surface area contributed by atoms with Crippen LogP contribution in [-0.4, -0.2) is 32.4 Å². The number of anilines is 2. The number of pyridine rings is 1. The normalized spacial score (nSPS) is 11.2. The Kier molecular flexibility index (Phi) is 7.41. The van der Waals surface area contributed by atoms with Gasteiger partial charge in [-0.05, 0) is 49.6 Å². The lowest BCUT2D eigenvalue weighted by Gasteiger charge is -2.10. The van der Waals surface area contributed by atoms with E-state index in [-0.39, 0.29) is 42.4 Å². The number of para-hydroxylation sites is 1. The van der Waals surface area contributed by atoms with Crippen molar-refractivity contribution < 1.29 is 18.0 Å². The summed E-state index contributed by atoms with van der Waals surface area (Å²) in [5.41, 5.74) is 1.80. The first-order valence-corrected chi connectivity index (χ1v) is 10.2. The topological polar surface area (TPSA) is 95.6 Å². The van der Waals surface area contributed by atoms with Crippen LogP contribution in [0.1, 0.15) is 32.9 Å². The zero-order valence-corrected chi connectivity index (χ0v) is 19.1. The molecule has 3 heterocycles. The fourth-order valence-corrected chi connectivity index (χ4v) is 3.63. The van der Waals surface area contributed by atoms with Crippen LogP contribution in [0.5, 0.6) is 0 Å². The highest BCUT2D eigenvalue weighted by molar-refractivity contribution is 5.93. The highest BCUT2D eigenvalue weighted by Gasteiger charge is 2.36. The fourth-order valence-electron chi connectivity index (χ4n) is 3.63. The number of carbonyl (C=O) groups excluding carboxylic acids is 1. The molecule has 34 heavy (non-hydrogen) atoms. The summed E-state index contributed by atoms with van der Waals surface area (Å²) in [6.45, 7) is 3.85. The van der Waals surface area contributed by atoms with E-state index in [1.165, 1.54) is 12.4 Å². The lowest BCUT2D eigenvalue weighted by atomic mass is 10.1. The minimum atomic E-state index is -4.51. The van der Waals surface area contributed by atoms with Crippen molar-refractivity contribution in [3.8, 4) is 0 Å². The number of aromatic amines is 1. The SMILES string of the molecule is Cc1cc(C)nc(Nc2ncc(C(=O)NCCc3c(C(F)(F)F)[nH]c4ccccc34)cn2)c1.Cl. The number of amides is 1. The Morgan fingerprint density at radius 3 is 2.47 bits per heavy atom. The van der Waals surface area contributed by atoms with Gasteiger partial charge in [-0.15, -0.1) is 12.4 Å². The van der Waals surface area contributed by atoms with E-state index in [1.807, 2.05) is 26.0 Å². The number of hydrogen-bond donors (Lipinski definition) is 3. The molecule has 0 atom stereocenters. The second kappa shape index (κ2) is 10.1. The Morgan fingerprint density at radius 2 is 1.79 bits per heavy atom. The molecule has 0 spiro atoms. The molecule has 0 saturated heterocycles. The van der Waals surface area contributed by atoms with Crippen molar-refractivity contribution in [2.45, 2.75) is 26.4 Å². The molecule has 0 aliphatic rings. The van der Waals surface area contributed by atoms with Crippen molar-refractivity contribution in [1.29, 1.82) is 0 Å². The van der Waals surface area contributed by atoms with Crippen molar-refractivity contribution in [2.75, 3.05) is 11.9 Å². The van der Waals surface area contributed by atoms with E-state index < -0.39 is 17.8 Å². The van der Waals surface area contributed by atoms with E-state index in [1.54, 1.807) is 24.3 Å². The number of hydrogen-bond acceptors (Lipinski definition) is 5. The molecule has 0 fully saturated rings. The Bertz CT molecular complexity index is 1280. The summed E-state index contributed by atoms with van der Waals surface area (Å²) < 4.78 is 40.3. The van der Waals surface area contributed by atoms with Crippen molar-refractivity contribution in [3.63, 3.8) is 0 Å². The largest absolute Gasteiger partial charge is 0.431 e. The molecule has 4 rings (SSSR count). The van der Waals surface area contributed by atoms with Crippen LogP contribution < -0.4 is 10.6 Å². The molecule has 3 aromatic heterocycles. The van der Waals surface area contributed by atoms with Gasteiger partial charge in [-0.2, -0.15) is 13.2 Å². The molecule has 4 aromatic rings. The fraction of sp³-hybridized carbons (Fsp3) is 0.217. The van der Waals surface area contributed by atoms with Gasteiger partial charge in [-0.25, -0.2) is 15.0 Å². The molecule has 0 aliphatic carbocycles. The number of rotatable bonds is 6. The van der Waals surface area contributed by atoms with Gasteiger partial charge in [0.15, 0.2) is 0 Å². The van der Waals surface area contributed by atoms with Crippen LogP contribution in [0.3, 0.4) is 0 Å². The number of aryl methyl sites for hydroxylation is 2. The van der Waals surface area contributed by atoms with Gasteiger partial charge in [0.1, 0.15) is 11.5 Å². The molecule has 178 valence electrons. The van der Waals surface area contributed by atoms with Crippen LogP contribution in [0.15, 0.2) is 48.8 Å². The van der Waals surface area contributed by atoms with Gasteiger partial charge in [-0.1, -0.05) is 18.2 Å². The van der Waals surface area contributed by atoms with E-state index in [0.29, 0.717) is 16.7 Å². The predicted octanol–water partition coefficient (Wildman–Crippen LogP) is 5.13. The quantitative estimate of drug-likeness (QED) is 0.348. The summed E-state index contributed by atoms with van der Waals surface area (Å²) in [6.07, 6.45) is -1.80. The summed E-state index contributed by atoms with van der Waals surface area (Å²) in [6, 6.07) is 10.3. The highest BCUT2D eigenvalue weighted by atomic mass is 35.5. The highest BCUT2D eigenvalue weighted by Crippen LogP contribution is 2.35. The Labute approximate surface area is 199 Å². The Morgan fingerprint density at radius 1 is 1.09 bits per heavy atom. The maximum atomic E-state index is 13.4. The average molecular weight is 491 g/mol. The first-order valence-electron chi connectivity index (χ1n) is 10.2. The van der Waals surface area contributed by atoms with E-state index in [2.05, 4.69) is 30.6 Å². The molecule has 0 aliphatic heterocycles. The summed E-state index contributed by atoms with van der Waals surface area (Å²) in [7, 11) is 0. The summed E-state index contributed by atoms with van der Waals surface area (Å²) >= 11 is 0. The van der Waals surface area contributed by atoms with Gasteiger partial charge in [0.25, 0.3) is 5.91 Å². The lowest BCUT2D eigenvalue weighted by molar-refractivity contribution is -0.141. The number of halogens is 4. The van der Waals surface area contributed by atoms with E-state index in [9.17, 15) is 18.0 Å². The molecule has 0 bridgehead atoms. The maximum absolute atomic E-state index is 13.4. The molecular formula is C23H22ClF3N6O. The number of nitrogens with one attached hydrogen (secondary N) is 3. The molecule has 7 nitrogen and oxygen atoms in total. The first-order chi connectivity index (χ1) is 15.7. The third kappa shape index (κ3) is 5.63. The second-order valence-electron chi connectivity index (χ2n) is 7.62. The molecule has 0 unspecified atom stereocenters. The molecule has 11 heteroatoms. The number of H-pyrrole nitrogens is 1. The number of nitrogens with zero attached hydrogens (tertiary/aromatic N) is 3. The molecule has 1 aromatic carbocycles. The van der Waals surface area contributed by atoms with Gasteiger partial charge in [0.05, 0.1) is 5.56 Å². The second-order valence-corrected chi connectivity index (χ2v) is 7.62. The smallest absolute Gasteiger partial charge is 0.352 e.